The van der Waals surface area contributed by atoms with Crippen LogP contribution in [0.3, 0.4) is 0 Å². The molecular weight excluding hydrogens is 707 g/mol. The van der Waals surface area contributed by atoms with Gasteiger partial charge >= 0.3 is 37.9 Å². The number of halogens is 2. The van der Waals surface area contributed by atoms with Gasteiger partial charge in [0.2, 0.25) is 0 Å². The van der Waals surface area contributed by atoms with E-state index in [2.05, 4.69) is 172 Å². The van der Waals surface area contributed by atoms with Crippen molar-refractivity contribution in [2.45, 2.75) is 86.7 Å². The summed E-state index contributed by atoms with van der Waals surface area (Å²) in [6.07, 6.45) is 0. The van der Waals surface area contributed by atoms with Crippen LogP contribution in [0.25, 0.3) is 43.8 Å². The fourth-order valence-corrected chi connectivity index (χ4v) is 5.74. The molecule has 0 aromatic heterocycles. The van der Waals surface area contributed by atoms with E-state index in [1.807, 2.05) is 0 Å². The molecule has 0 spiro atoms. The molecule has 0 unspecified atom stereocenters. The number of fused-ring (bicyclic) bond motifs is 2. The SMILES string of the molecule is C[Si]C.Cc1cc2c(-c3ccc(C(C)(C)C)cc3)ccc(C)c2[cH-]1.Cc1ccc(-c2cccc3[cH-]c(C(C)C)cc23)cc1C.[Cl][Zr+2][Cl]. The molecule has 0 N–H and O–H groups in total. The summed E-state index contributed by atoms with van der Waals surface area (Å²) in [4.78, 5) is 0. The summed E-state index contributed by atoms with van der Waals surface area (Å²) < 4.78 is 0. The third-order valence-electron chi connectivity index (χ3n) is 8.57. The zero-order valence-corrected chi connectivity index (χ0v) is 35.0. The first-order chi connectivity index (χ1) is 22.2. The normalized spacial score (nSPS) is 10.9. The van der Waals surface area contributed by atoms with Crippen molar-refractivity contribution in [2.24, 2.45) is 0 Å². The summed E-state index contributed by atoms with van der Waals surface area (Å²) in [7, 11) is 11.0. The Labute approximate surface area is 306 Å². The van der Waals surface area contributed by atoms with E-state index in [0.29, 0.717) is 5.92 Å². The Morgan fingerprint density at radius 1 is 0.660 bits per heavy atom. The quantitative estimate of drug-likeness (QED) is 0.125. The number of hydrogen-bond acceptors (Lipinski definition) is 0. The standard InChI is InChI=1S/C21H23.C20H21.C2H6Si.2ClH.Zr/c1-14-12-19-15(2)6-11-18(20(19)13-14)16-7-9-17(10-8-16)21(3,4)5;1-13(2)18-11-16-6-5-7-19(20(16)12-18)17-9-8-14(3)15(4)10-17;1-3-2;;;/h6-13H,1-5H3;5-13H,1-4H3;1-2H3;2*1H;/q2*-1;;;;+4/p-2. The molecule has 6 rings (SSSR count). The van der Waals surface area contributed by atoms with Crippen molar-refractivity contribution < 1.29 is 20.8 Å². The van der Waals surface area contributed by atoms with Gasteiger partial charge in [-0.2, -0.15) is 12.1 Å². The molecule has 6 aromatic rings. The van der Waals surface area contributed by atoms with Gasteiger partial charge in [0.15, 0.2) is 0 Å². The first kappa shape index (κ1) is 39.2. The van der Waals surface area contributed by atoms with Crippen LogP contribution in [0.4, 0.5) is 0 Å². The zero-order valence-electron chi connectivity index (χ0n) is 30.1. The van der Waals surface area contributed by atoms with Crippen molar-refractivity contribution in [3.63, 3.8) is 0 Å². The van der Waals surface area contributed by atoms with Gasteiger partial charge in [0.25, 0.3) is 0 Å². The first-order valence-corrected chi connectivity index (χ1v) is 24.7. The van der Waals surface area contributed by atoms with E-state index in [-0.39, 0.29) is 5.41 Å². The van der Waals surface area contributed by atoms with Gasteiger partial charge < -0.3 is 0 Å². The molecule has 0 saturated heterocycles. The Balaban J connectivity index is 0.000000219. The summed E-state index contributed by atoms with van der Waals surface area (Å²) in [5.74, 6) is 0.579. The van der Waals surface area contributed by atoms with E-state index in [4.69, 9.17) is 17.0 Å². The zero-order chi connectivity index (χ0) is 34.9. The third kappa shape index (κ3) is 10.4. The van der Waals surface area contributed by atoms with E-state index in [0.717, 1.165) is 9.52 Å². The fraction of sp³-hybridized carbons (Fsp3) is 0.302. The molecule has 6 aromatic carbocycles. The van der Waals surface area contributed by atoms with Crippen LogP contribution in [0.1, 0.15) is 73.9 Å². The number of rotatable bonds is 3. The second-order valence-electron chi connectivity index (χ2n) is 13.7. The molecule has 0 fully saturated rings. The van der Waals surface area contributed by atoms with Crippen molar-refractivity contribution in [3.05, 3.63) is 130 Å². The Morgan fingerprint density at radius 2 is 1.23 bits per heavy atom. The molecule has 0 saturated carbocycles. The van der Waals surface area contributed by atoms with Crippen LogP contribution in [0.5, 0.6) is 0 Å². The Bertz CT molecular complexity index is 1860. The summed E-state index contributed by atoms with van der Waals surface area (Å²) in [5, 5.41) is 5.48. The van der Waals surface area contributed by atoms with Crippen LogP contribution < -0.4 is 0 Å². The van der Waals surface area contributed by atoms with Crippen molar-refractivity contribution >= 4 is 48.1 Å². The fourth-order valence-electron chi connectivity index (χ4n) is 5.74. The van der Waals surface area contributed by atoms with Gasteiger partial charge in [0.05, 0.1) is 0 Å². The monoisotopic (exact) mass is 754 g/mol. The Hall–Kier alpha value is -2.22. The summed E-state index contributed by atoms with van der Waals surface area (Å²) in [6, 6.07) is 36.1. The third-order valence-corrected chi connectivity index (χ3v) is 8.57. The Kier molecular flexibility index (Phi) is 15.0. The average molecular weight is 757 g/mol. The van der Waals surface area contributed by atoms with Crippen LogP contribution in [0.15, 0.2) is 97.1 Å². The van der Waals surface area contributed by atoms with Gasteiger partial charge in [-0.05, 0) is 53.0 Å². The van der Waals surface area contributed by atoms with Gasteiger partial charge in [0.1, 0.15) is 0 Å². The van der Waals surface area contributed by atoms with Crippen molar-refractivity contribution in [2.75, 3.05) is 0 Å². The van der Waals surface area contributed by atoms with Crippen LogP contribution in [-0.2, 0) is 26.3 Å². The van der Waals surface area contributed by atoms with Gasteiger partial charge in [0, 0.05) is 9.52 Å². The van der Waals surface area contributed by atoms with Crippen molar-refractivity contribution in [1.82, 2.24) is 0 Å². The summed E-state index contributed by atoms with van der Waals surface area (Å²) in [6.45, 7) is 24.3. The first-order valence-electron chi connectivity index (χ1n) is 16.3. The minimum absolute atomic E-state index is 0.206. The van der Waals surface area contributed by atoms with Crippen molar-refractivity contribution in [1.29, 1.82) is 0 Å². The number of aryl methyl sites for hydroxylation is 4. The predicted molar refractivity (Wildman–Crippen MR) is 211 cm³/mol. The van der Waals surface area contributed by atoms with Crippen LogP contribution >= 0.6 is 17.0 Å². The maximum absolute atomic E-state index is 4.93. The molecule has 2 radical (unpaired) electrons. The molecular formula is C43H50Cl2SiZr. The topological polar surface area (TPSA) is 0 Å². The number of benzene rings is 4. The molecule has 47 heavy (non-hydrogen) atoms. The molecule has 0 nitrogen and oxygen atoms in total. The van der Waals surface area contributed by atoms with E-state index < -0.39 is 20.8 Å². The molecule has 0 amide bonds. The van der Waals surface area contributed by atoms with Gasteiger partial charge in [-0.3, -0.25) is 0 Å². The summed E-state index contributed by atoms with van der Waals surface area (Å²) >= 11 is -0.826. The van der Waals surface area contributed by atoms with Crippen LogP contribution in [-0.4, -0.2) is 9.52 Å². The van der Waals surface area contributed by atoms with Crippen LogP contribution in [0.2, 0.25) is 13.1 Å². The molecule has 0 bridgehead atoms. The maximum atomic E-state index is 4.93. The molecule has 244 valence electrons. The minimum atomic E-state index is -0.826. The van der Waals surface area contributed by atoms with Gasteiger partial charge in [-0.25, -0.2) is 0 Å². The molecule has 4 heteroatoms. The molecule has 0 aliphatic rings. The van der Waals surface area contributed by atoms with Crippen molar-refractivity contribution in [3.8, 4) is 22.3 Å². The Morgan fingerprint density at radius 3 is 1.81 bits per heavy atom. The molecule has 0 atom stereocenters. The van der Waals surface area contributed by atoms with E-state index in [9.17, 15) is 0 Å². The van der Waals surface area contributed by atoms with E-state index in [1.165, 1.54) is 77.2 Å². The number of hydrogen-bond donors (Lipinski definition) is 0. The molecule has 0 heterocycles. The predicted octanol–water partition coefficient (Wildman–Crippen LogP) is 14.3. The van der Waals surface area contributed by atoms with E-state index in [1.54, 1.807) is 0 Å². The summed E-state index contributed by atoms with van der Waals surface area (Å²) in [5.41, 5.74) is 13.7. The van der Waals surface area contributed by atoms with Gasteiger partial charge in [-0.15, -0.1) is 68.6 Å². The molecule has 0 aliphatic heterocycles. The van der Waals surface area contributed by atoms with E-state index >= 15 is 0 Å². The van der Waals surface area contributed by atoms with Gasteiger partial charge in [-0.1, -0.05) is 127 Å². The van der Waals surface area contributed by atoms with Crippen LogP contribution in [0, 0.1) is 27.7 Å². The molecule has 0 aliphatic carbocycles. The average Bonchev–Trinajstić information content (AvgIpc) is 3.64. The second kappa shape index (κ2) is 18.0. The second-order valence-corrected chi connectivity index (χ2v) is 18.5.